The lowest BCUT2D eigenvalue weighted by molar-refractivity contribution is 0.0932. The van der Waals surface area contributed by atoms with Gasteiger partial charge in [-0.1, -0.05) is 18.7 Å². The molecule has 1 aliphatic rings. The van der Waals surface area contributed by atoms with Crippen molar-refractivity contribution in [3.05, 3.63) is 65.2 Å². The second-order valence-electron chi connectivity index (χ2n) is 4.37. The summed E-state index contributed by atoms with van der Waals surface area (Å²) in [5, 5.41) is 10.0. The SMILES string of the molecule is C=Cc1ncc2c(c1O)COC2c1ccc(F)cc1. The number of aromatic nitrogens is 1. The first-order chi connectivity index (χ1) is 9.20. The van der Waals surface area contributed by atoms with E-state index in [9.17, 15) is 9.50 Å². The van der Waals surface area contributed by atoms with Crippen LogP contribution in [0.2, 0.25) is 0 Å². The molecule has 3 nitrogen and oxygen atoms in total. The predicted octanol–water partition coefficient (Wildman–Crippen LogP) is 3.19. The Morgan fingerprint density at radius 3 is 2.79 bits per heavy atom. The van der Waals surface area contributed by atoms with Crippen molar-refractivity contribution in [1.82, 2.24) is 4.98 Å². The summed E-state index contributed by atoms with van der Waals surface area (Å²) in [6.45, 7) is 3.91. The summed E-state index contributed by atoms with van der Waals surface area (Å²) in [7, 11) is 0. The van der Waals surface area contributed by atoms with Crippen LogP contribution in [0.25, 0.3) is 6.08 Å². The van der Waals surface area contributed by atoms with E-state index in [-0.39, 0.29) is 17.7 Å². The second-order valence-corrected chi connectivity index (χ2v) is 4.37. The van der Waals surface area contributed by atoms with Crippen molar-refractivity contribution in [2.45, 2.75) is 12.7 Å². The molecule has 1 atom stereocenters. The van der Waals surface area contributed by atoms with Crippen molar-refractivity contribution in [2.75, 3.05) is 0 Å². The Hall–Kier alpha value is -2.20. The molecule has 0 amide bonds. The fourth-order valence-corrected chi connectivity index (χ4v) is 2.27. The van der Waals surface area contributed by atoms with Crippen LogP contribution in [-0.4, -0.2) is 10.1 Å². The molecule has 1 aromatic heterocycles. The van der Waals surface area contributed by atoms with Crippen molar-refractivity contribution in [2.24, 2.45) is 0 Å². The highest BCUT2D eigenvalue weighted by atomic mass is 19.1. The average molecular weight is 257 g/mol. The van der Waals surface area contributed by atoms with Gasteiger partial charge in [0.25, 0.3) is 0 Å². The molecule has 1 unspecified atom stereocenters. The molecule has 1 aromatic carbocycles. The Bertz CT molecular complexity index is 637. The number of hydrogen-bond acceptors (Lipinski definition) is 3. The molecule has 0 saturated heterocycles. The zero-order valence-electron chi connectivity index (χ0n) is 10.1. The summed E-state index contributed by atoms with van der Waals surface area (Å²) in [6.07, 6.45) is 2.86. The van der Waals surface area contributed by atoms with E-state index in [1.807, 2.05) is 0 Å². The van der Waals surface area contributed by atoms with Crippen LogP contribution in [0, 0.1) is 5.82 Å². The highest BCUT2D eigenvalue weighted by molar-refractivity contribution is 5.57. The lowest BCUT2D eigenvalue weighted by atomic mass is 10.00. The van der Waals surface area contributed by atoms with Gasteiger partial charge in [0.05, 0.1) is 6.61 Å². The molecule has 3 rings (SSSR count). The Labute approximate surface area is 110 Å². The first kappa shape index (κ1) is 11.9. The molecule has 96 valence electrons. The third-order valence-electron chi connectivity index (χ3n) is 3.26. The van der Waals surface area contributed by atoms with E-state index in [0.29, 0.717) is 12.3 Å². The zero-order chi connectivity index (χ0) is 13.4. The smallest absolute Gasteiger partial charge is 0.147 e. The van der Waals surface area contributed by atoms with Crippen molar-refractivity contribution >= 4 is 6.08 Å². The van der Waals surface area contributed by atoms with Gasteiger partial charge in [0.1, 0.15) is 23.4 Å². The van der Waals surface area contributed by atoms with Crippen molar-refractivity contribution in [3.63, 3.8) is 0 Å². The standard InChI is InChI=1S/C15H12FNO2/c1-2-13-14(18)12-8-19-15(11(12)7-17-13)9-3-5-10(16)6-4-9/h2-7,15,18H,1,8H2. The number of ether oxygens (including phenoxy) is 1. The van der Waals surface area contributed by atoms with E-state index in [1.165, 1.54) is 18.2 Å². The lowest BCUT2D eigenvalue weighted by Crippen LogP contribution is -1.99. The number of nitrogens with zero attached hydrogens (tertiary/aromatic N) is 1. The molecule has 1 aliphatic heterocycles. The van der Waals surface area contributed by atoms with Crippen LogP contribution in [0.15, 0.2) is 37.0 Å². The highest BCUT2D eigenvalue weighted by Crippen LogP contribution is 2.40. The monoisotopic (exact) mass is 257 g/mol. The van der Waals surface area contributed by atoms with E-state index >= 15 is 0 Å². The van der Waals surface area contributed by atoms with Crippen LogP contribution in [-0.2, 0) is 11.3 Å². The number of aromatic hydroxyl groups is 1. The van der Waals surface area contributed by atoms with Crippen LogP contribution in [0.1, 0.15) is 28.5 Å². The molecule has 19 heavy (non-hydrogen) atoms. The Morgan fingerprint density at radius 1 is 1.37 bits per heavy atom. The summed E-state index contributed by atoms with van der Waals surface area (Å²) in [6, 6.07) is 6.13. The first-order valence-electron chi connectivity index (χ1n) is 5.91. The Balaban J connectivity index is 2.05. The molecule has 0 aliphatic carbocycles. The molecule has 2 aromatic rings. The summed E-state index contributed by atoms with van der Waals surface area (Å²) in [5.74, 6) is -0.179. The van der Waals surface area contributed by atoms with Crippen LogP contribution in [0.3, 0.4) is 0 Å². The van der Waals surface area contributed by atoms with Gasteiger partial charge in [0, 0.05) is 17.3 Å². The van der Waals surface area contributed by atoms with Crippen molar-refractivity contribution in [3.8, 4) is 5.75 Å². The van der Waals surface area contributed by atoms with Crippen molar-refractivity contribution < 1.29 is 14.2 Å². The minimum Gasteiger partial charge on any atom is -0.505 e. The number of benzene rings is 1. The highest BCUT2D eigenvalue weighted by Gasteiger charge is 2.28. The molecule has 0 bridgehead atoms. The van der Waals surface area contributed by atoms with Gasteiger partial charge in [-0.3, -0.25) is 4.98 Å². The number of rotatable bonds is 2. The minimum absolute atomic E-state index is 0.108. The lowest BCUT2D eigenvalue weighted by Gasteiger charge is -2.11. The Kier molecular flexibility index (Phi) is 2.80. The average Bonchev–Trinajstić information content (AvgIpc) is 2.85. The summed E-state index contributed by atoms with van der Waals surface area (Å²) >= 11 is 0. The molecule has 1 N–H and O–H groups in total. The number of halogens is 1. The van der Waals surface area contributed by atoms with Crippen molar-refractivity contribution in [1.29, 1.82) is 0 Å². The Morgan fingerprint density at radius 2 is 2.11 bits per heavy atom. The van der Waals surface area contributed by atoms with Gasteiger partial charge < -0.3 is 9.84 Å². The third-order valence-corrected chi connectivity index (χ3v) is 3.26. The maximum Gasteiger partial charge on any atom is 0.147 e. The topological polar surface area (TPSA) is 42.4 Å². The molecule has 0 saturated carbocycles. The zero-order valence-corrected chi connectivity index (χ0v) is 10.1. The van der Waals surface area contributed by atoms with Crippen LogP contribution in [0.5, 0.6) is 5.75 Å². The molecule has 4 heteroatoms. The van der Waals surface area contributed by atoms with E-state index < -0.39 is 0 Å². The largest absolute Gasteiger partial charge is 0.505 e. The number of fused-ring (bicyclic) bond motifs is 1. The van der Waals surface area contributed by atoms with E-state index in [0.717, 1.165) is 16.7 Å². The fraction of sp³-hybridized carbons (Fsp3) is 0.133. The van der Waals surface area contributed by atoms with Gasteiger partial charge in [-0.25, -0.2) is 4.39 Å². The van der Waals surface area contributed by atoms with Gasteiger partial charge in [0.15, 0.2) is 0 Å². The maximum atomic E-state index is 12.9. The predicted molar refractivity (Wildman–Crippen MR) is 69.0 cm³/mol. The van der Waals surface area contributed by atoms with Gasteiger partial charge in [-0.15, -0.1) is 0 Å². The third kappa shape index (κ3) is 1.90. The summed E-state index contributed by atoms with van der Waals surface area (Å²) < 4.78 is 18.6. The van der Waals surface area contributed by atoms with Crippen LogP contribution in [0.4, 0.5) is 4.39 Å². The summed E-state index contributed by atoms with van der Waals surface area (Å²) in [4.78, 5) is 4.14. The van der Waals surface area contributed by atoms with Gasteiger partial charge in [-0.05, 0) is 23.8 Å². The van der Waals surface area contributed by atoms with Crippen LogP contribution >= 0.6 is 0 Å². The van der Waals surface area contributed by atoms with E-state index in [4.69, 9.17) is 4.74 Å². The molecular weight excluding hydrogens is 245 g/mol. The molecule has 0 spiro atoms. The molecule has 0 radical (unpaired) electrons. The summed E-state index contributed by atoms with van der Waals surface area (Å²) in [5.41, 5.74) is 2.82. The molecule has 0 fully saturated rings. The minimum atomic E-state index is -0.312. The van der Waals surface area contributed by atoms with E-state index in [2.05, 4.69) is 11.6 Å². The quantitative estimate of drug-likeness (QED) is 0.898. The molecule has 2 heterocycles. The normalized spacial score (nSPS) is 17.2. The maximum absolute atomic E-state index is 12.9. The van der Waals surface area contributed by atoms with Crippen LogP contribution < -0.4 is 0 Å². The van der Waals surface area contributed by atoms with Gasteiger partial charge in [-0.2, -0.15) is 0 Å². The van der Waals surface area contributed by atoms with Gasteiger partial charge in [0.2, 0.25) is 0 Å². The second kappa shape index (κ2) is 4.48. The molecular formula is C15H12FNO2. The van der Waals surface area contributed by atoms with E-state index in [1.54, 1.807) is 18.3 Å². The fourth-order valence-electron chi connectivity index (χ4n) is 2.27. The number of pyridine rings is 1. The number of hydrogen-bond donors (Lipinski definition) is 1. The first-order valence-corrected chi connectivity index (χ1v) is 5.91. The van der Waals surface area contributed by atoms with Gasteiger partial charge >= 0.3 is 0 Å².